The number of carbonyl (C=O) groups excluding carboxylic acids is 1. The van der Waals surface area contributed by atoms with Crippen molar-refractivity contribution in [2.75, 3.05) is 0 Å². The molecule has 6 heteroatoms. The Morgan fingerprint density at radius 3 is 2.95 bits per heavy atom. The molecule has 1 aromatic heterocycles. The van der Waals surface area contributed by atoms with Crippen LogP contribution in [0.5, 0.6) is 0 Å². The van der Waals surface area contributed by atoms with Crippen molar-refractivity contribution in [3.63, 3.8) is 0 Å². The van der Waals surface area contributed by atoms with Gasteiger partial charge in [0.15, 0.2) is 5.78 Å². The van der Waals surface area contributed by atoms with Crippen molar-refractivity contribution in [1.82, 2.24) is 9.55 Å². The van der Waals surface area contributed by atoms with Crippen LogP contribution < -0.4 is 0 Å². The summed E-state index contributed by atoms with van der Waals surface area (Å²) in [7, 11) is 0. The summed E-state index contributed by atoms with van der Waals surface area (Å²) < 4.78 is 1.87. The lowest BCUT2D eigenvalue weighted by Crippen LogP contribution is -2.14. The second kappa shape index (κ2) is 5.47. The summed E-state index contributed by atoms with van der Waals surface area (Å²) in [5.74, 6) is -0.135. The van der Waals surface area contributed by atoms with E-state index < -0.39 is 4.92 Å². The Bertz CT molecular complexity index is 706. The fourth-order valence-corrected chi connectivity index (χ4v) is 2.71. The van der Waals surface area contributed by atoms with E-state index in [0.29, 0.717) is 5.56 Å². The van der Waals surface area contributed by atoms with E-state index in [1.165, 1.54) is 18.2 Å². The smallest absolute Gasteiger partial charge is 0.270 e. The maximum Gasteiger partial charge on any atom is 0.270 e. The third kappa shape index (κ3) is 2.69. The summed E-state index contributed by atoms with van der Waals surface area (Å²) >= 11 is 0. The van der Waals surface area contributed by atoms with E-state index in [0.717, 1.165) is 37.1 Å². The van der Waals surface area contributed by atoms with Gasteiger partial charge < -0.3 is 4.57 Å². The number of hydrogen-bond donors (Lipinski definition) is 0. The fraction of sp³-hybridized carbons (Fsp3) is 0.333. The number of non-ortho nitro benzene ring substituents is 1. The van der Waals surface area contributed by atoms with E-state index in [2.05, 4.69) is 4.98 Å². The lowest BCUT2D eigenvalue weighted by atomic mass is 10.0. The molecule has 0 aliphatic heterocycles. The van der Waals surface area contributed by atoms with Gasteiger partial charge in [0.1, 0.15) is 0 Å². The molecule has 0 spiro atoms. The first-order valence-electron chi connectivity index (χ1n) is 6.95. The number of aromatic nitrogens is 2. The van der Waals surface area contributed by atoms with Gasteiger partial charge in [-0.15, -0.1) is 0 Å². The second-order valence-corrected chi connectivity index (χ2v) is 5.20. The predicted octanol–water partition coefficient (Wildman–Crippen LogP) is 2.55. The van der Waals surface area contributed by atoms with E-state index in [1.54, 1.807) is 12.4 Å². The quantitative estimate of drug-likeness (QED) is 0.491. The molecule has 0 bridgehead atoms. The van der Waals surface area contributed by atoms with Crippen LogP contribution in [0.4, 0.5) is 5.69 Å². The number of rotatable bonds is 4. The van der Waals surface area contributed by atoms with Crippen molar-refractivity contribution >= 4 is 11.5 Å². The minimum absolute atomic E-state index is 0.0616. The van der Waals surface area contributed by atoms with Crippen molar-refractivity contribution in [3.8, 4) is 0 Å². The molecule has 0 amide bonds. The van der Waals surface area contributed by atoms with E-state index in [-0.39, 0.29) is 18.0 Å². The molecule has 0 saturated heterocycles. The van der Waals surface area contributed by atoms with Gasteiger partial charge in [0.05, 0.1) is 23.5 Å². The topological polar surface area (TPSA) is 78.0 Å². The molecule has 0 saturated carbocycles. The number of nitro benzene ring substituents is 1. The second-order valence-electron chi connectivity index (χ2n) is 5.20. The molecule has 6 nitrogen and oxygen atoms in total. The Kier molecular flexibility index (Phi) is 3.51. The molecule has 1 aromatic carbocycles. The molecule has 0 unspecified atom stereocenters. The van der Waals surface area contributed by atoms with E-state index in [1.807, 2.05) is 4.57 Å². The number of imidazole rings is 1. The molecule has 0 fully saturated rings. The number of nitro groups is 1. The van der Waals surface area contributed by atoms with Gasteiger partial charge in [0.2, 0.25) is 0 Å². The average Bonchev–Trinajstić information content (AvgIpc) is 2.91. The van der Waals surface area contributed by atoms with Crippen LogP contribution >= 0.6 is 0 Å². The van der Waals surface area contributed by atoms with Gasteiger partial charge in [-0.2, -0.15) is 0 Å². The monoisotopic (exact) mass is 285 g/mol. The van der Waals surface area contributed by atoms with Gasteiger partial charge in [-0.1, -0.05) is 12.1 Å². The standard InChI is InChI=1S/C15H15N3O3/c19-15(11-4-3-5-12(8-11)18(20)21)9-17-10-16-13-6-1-2-7-14(13)17/h3-5,8,10H,1-2,6-7,9H2. The number of nitrogens with zero attached hydrogens (tertiary/aromatic N) is 3. The van der Waals surface area contributed by atoms with Crippen molar-refractivity contribution in [2.24, 2.45) is 0 Å². The summed E-state index contributed by atoms with van der Waals surface area (Å²) in [5.41, 5.74) is 2.50. The molecule has 21 heavy (non-hydrogen) atoms. The lowest BCUT2D eigenvalue weighted by Gasteiger charge is -2.13. The number of benzene rings is 1. The van der Waals surface area contributed by atoms with Crippen LogP contribution in [0.3, 0.4) is 0 Å². The fourth-order valence-electron chi connectivity index (χ4n) is 2.71. The van der Waals surface area contributed by atoms with Crippen LogP contribution in [0.15, 0.2) is 30.6 Å². The van der Waals surface area contributed by atoms with Crippen molar-refractivity contribution in [2.45, 2.75) is 32.2 Å². The Morgan fingerprint density at radius 2 is 2.14 bits per heavy atom. The molecule has 108 valence electrons. The predicted molar refractivity (Wildman–Crippen MR) is 76.3 cm³/mol. The zero-order valence-electron chi connectivity index (χ0n) is 11.5. The van der Waals surface area contributed by atoms with Crippen LogP contribution in [-0.2, 0) is 19.4 Å². The first-order chi connectivity index (χ1) is 10.1. The van der Waals surface area contributed by atoms with Crippen LogP contribution in [0.1, 0.15) is 34.6 Å². The summed E-state index contributed by atoms with van der Waals surface area (Å²) in [5, 5.41) is 10.8. The maximum absolute atomic E-state index is 12.3. The maximum atomic E-state index is 12.3. The molecule has 1 heterocycles. The molecule has 1 aliphatic rings. The molecular formula is C15H15N3O3. The van der Waals surface area contributed by atoms with Crippen LogP contribution in [0.25, 0.3) is 0 Å². The third-order valence-electron chi connectivity index (χ3n) is 3.80. The summed E-state index contributed by atoms with van der Waals surface area (Å²) in [4.78, 5) is 26.9. The van der Waals surface area contributed by atoms with Crippen molar-refractivity contribution in [1.29, 1.82) is 0 Å². The number of carbonyl (C=O) groups is 1. The van der Waals surface area contributed by atoms with Crippen molar-refractivity contribution in [3.05, 3.63) is 57.7 Å². The highest BCUT2D eigenvalue weighted by atomic mass is 16.6. The normalized spacial score (nSPS) is 13.7. The minimum atomic E-state index is -0.490. The third-order valence-corrected chi connectivity index (χ3v) is 3.80. The summed E-state index contributed by atoms with van der Waals surface area (Å²) in [6.07, 6.45) is 5.86. The summed E-state index contributed by atoms with van der Waals surface area (Å²) in [6, 6.07) is 5.86. The number of Topliss-reactive ketones (excluding diaryl/α,β-unsaturated/α-hetero) is 1. The van der Waals surface area contributed by atoms with Crippen LogP contribution in [0.2, 0.25) is 0 Å². The number of ketones is 1. The van der Waals surface area contributed by atoms with Gasteiger partial charge in [-0.05, 0) is 25.7 Å². The van der Waals surface area contributed by atoms with E-state index in [4.69, 9.17) is 0 Å². The number of fused-ring (bicyclic) bond motifs is 1. The molecule has 2 aromatic rings. The molecule has 0 radical (unpaired) electrons. The highest BCUT2D eigenvalue weighted by Gasteiger charge is 2.18. The molecular weight excluding hydrogens is 270 g/mol. The highest BCUT2D eigenvalue weighted by molar-refractivity contribution is 5.96. The first-order valence-corrected chi connectivity index (χ1v) is 6.95. The van der Waals surface area contributed by atoms with Gasteiger partial charge in [-0.3, -0.25) is 14.9 Å². The minimum Gasteiger partial charge on any atom is -0.327 e. The van der Waals surface area contributed by atoms with Crippen LogP contribution in [-0.4, -0.2) is 20.3 Å². The Labute approximate surface area is 121 Å². The zero-order valence-corrected chi connectivity index (χ0v) is 11.5. The number of hydrogen-bond acceptors (Lipinski definition) is 4. The lowest BCUT2D eigenvalue weighted by molar-refractivity contribution is -0.384. The Hall–Kier alpha value is -2.50. The highest BCUT2D eigenvalue weighted by Crippen LogP contribution is 2.20. The SMILES string of the molecule is O=C(Cn1cnc2c1CCCC2)c1cccc([N+](=O)[O-])c1. The Balaban J connectivity index is 1.82. The average molecular weight is 285 g/mol. The largest absolute Gasteiger partial charge is 0.327 e. The van der Waals surface area contributed by atoms with Gasteiger partial charge in [0, 0.05) is 23.4 Å². The van der Waals surface area contributed by atoms with Crippen molar-refractivity contribution < 1.29 is 9.72 Å². The van der Waals surface area contributed by atoms with E-state index in [9.17, 15) is 14.9 Å². The van der Waals surface area contributed by atoms with Crippen LogP contribution in [0, 0.1) is 10.1 Å². The summed E-state index contributed by atoms with van der Waals surface area (Å²) in [6.45, 7) is 0.184. The van der Waals surface area contributed by atoms with Gasteiger partial charge >= 0.3 is 0 Å². The van der Waals surface area contributed by atoms with Gasteiger partial charge in [-0.25, -0.2) is 4.98 Å². The number of aryl methyl sites for hydroxylation is 1. The zero-order chi connectivity index (χ0) is 14.8. The molecule has 3 rings (SSSR count). The first kappa shape index (κ1) is 13.5. The molecule has 1 aliphatic carbocycles. The molecule has 0 atom stereocenters. The van der Waals surface area contributed by atoms with Gasteiger partial charge in [0.25, 0.3) is 5.69 Å². The molecule has 0 N–H and O–H groups in total. The Morgan fingerprint density at radius 1 is 1.33 bits per heavy atom. The van der Waals surface area contributed by atoms with E-state index >= 15 is 0 Å².